The maximum Gasteiger partial charge on any atom is 0.390 e. The van der Waals surface area contributed by atoms with Crippen LogP contribution in [0.25, 0.3) is 0 Å². The molecule has 0 bridgehead atoms. The summed E-state index contributed by atoms with van der Waals surface area (Å²) in [5.41, 5.74) is 1.05. The SMILES string of the molecule is CC(Cc1ccc(Cl)cc1)NC(C)CC(F)(F)F. The molecule has 5 heteroatoms. The summed E-state index contributed by atoms with van der Waals surface area (Å²) in [5, 5.41) is 3.60. The summed E-state index contributed by atoms with van der Waals surface area (Å²) in [6.45, 7) is 3.42. The van der Waals surface area contributed by atoms with E-state index >= 15 is 0 Å². The van der Waals surface area contributed by atoms with E-state index in [9.17, 15) is 13.2 Å². The summed E-state index contributed by atoms with van der Waals surface area (Å²) in [4.78, 5) is 0. The van der Waals surface area contributed by atoms with E-state index in [1.165, 1.54) is 0 Å². The molecule has 0 amide bonds. The van der Waals surface area contributed by atoms with Gasteiger partial charge in [-0.25, -0.2) is 0 Å². The molecule has 0 aliphatic heterocycles. The van der Waals surface area contributed by atoms with Gasteiger partial charge in [0.05, 0.1) is 6.42 Å². The molecule has 0 saturated carbocycles. The number of halogens is 4. The van der Waals surface area contributed by atoms with Gasteiger partial charge in [0.2, 0.25) is 0 Å². The number of benzene rings is 1. The first-order valence-electron chi connectivity index (χ1n) is 5.83. The number of alkyl halides is 3. The third-order valence-corrected chi connectivity index (χ3v) is 2.81. The Morgan fingerprint density at radius 2 is 1.67 bits per heavy atom. The molecule has 18 heavy (non-hydrogen) atoms. The number of rotatable bonds is 5. The van der Waals surface area contributed by atoms with E-state index in [4.69, 9.17) is 11.6 Å². The zero-order valence-electron chi connectivity index (χ0n) is 10.4. The molecule has 1 aromatic carbocycles. The van der Waals surface area contributed by atoms with Crippen molar-refractivity contribution < 1.29 is 13.2 Å². The topological polar surface area (TPSA) is 12.0 Å². The summed E-state index contributed by atoms with van der Waals surface area (Å²) >= 11 is 5.76. The minimum absolute atomic E-state index is 0.0106. The molecule has 0 fully saturated rings. The highest BCUT2D eigenvalue weighted by molar-refractivity contribution is 6.30. The Balaban J connectivity index is 2.41. The summed E-state index contributed by atoms with van der Waals surface area (Å²) < 4.78 is 36.5. The minimum Gasteiger partial charge on any atom is -0.311 e. The Morgan fingerprint density at radius 3 is 2.17 bits per heavy atom. The van der Waals surface area contributed by atoms with Crippen molar-refractivity contribution in [2.45, 2.75) is 44.9 Å². The zero-order valence-corrected chi connectivity index (χ0v) is 11.1. The Labute approximate surface area is 110 Å². The molecule has 0 aromatic heterocycles. The summed E-state index contributed by atoms with van der Waals surface area (Å²) in [6, 6.07) is 6.74. The van der Waals surface area contributed by atoms with Crippen molar-refractivity contribution in [3.8, 4) is 0 Å². The molecule has 1 rings (SSSR count). The van der Waals surface area contributed by atoms with Gasteiger partial charge in [0.15, 0.2) is 0 Å². The van der Waals surface area contributed by atoms with Crippen LogP contribution >= 0.6 is 11.6 Å². The second-order valence-electron chi connectivity index (χ2n) is 4.62. The highest BCUT2D eigenvalue weighted by atomic mass is 35.5. The van der Waals surface area contributed by atoms with Crippen molar-refractivity contribution in [3.63, 3.8) is 0 Å². The van der Waals surface area contributed by atoms with Crippen molar-refractivity contribution in [2.75, 3.05) is 0 Å². The second-order valence-corrected chi connectivity index (χ2v) is 5.06. The predicted molar refractivity (Wildman–Crippen MR) is 67.9 cm³/mol. The number of hydrogen-bond acceptors (Lipinski definition) is 1. The van der Waals surface area contributed by atoms with Crippen LogP contribution in [0.4, 0.5) is 13.2 Å². The van der Waals surface area contributed by atoms with Crippen molar-refractivity contribution in [3.05, 3.63) is 34.9 Å². The molecule has 0 aliphatic rings. The largest absolute Gasteiger partial charge is 0.390 e. The standard InChI is InChI=1S/C13H17ClF3N/c1-9(18-10(2)8-13(15,16)17)7-11-3-5-12(14)6-4-11/h3-6,9-10,18H,7-8H2,1-2H3. The van der Waals surface area contributed by atoms with Crippen LogP contribution in [0.5, 0.6) is 0 Å². The van der Waals surface area contributed by atoms with Gasteiger partial charge in [-0.15, -0.1) is 0 Å². The molecule has 0 radical (unpaired) electrons. The fourth-order valence-corrected chi connectivity index (χ4v) is 2.05. The highest BCUT2D eigenvalue weighted by Crippen LogP contribution is 2.21. The molecule has 2 unspecified atom stereocenters. The van der Waals surface area contributed by atoms with Crippen molar-refractivity contribution in [1.29, 1.82) is 0 Å². The molecule has 0 heterocycles. The molecule has 1 nitrogen and oxygen atoms in total. The first-order valence-corrected chi connectivity index (χ1v) is 6.21. The van der Waals surface area contributed by atoms with E-state index in [0.717, 1.165) is 5.56 Å². The van der Waals surface area contributed by atoms with Crippen LogP contribution in [0, 0.1) is 0 Å². The fourth-order valence-electron chi connectivity index (χ4n) is 1.92. The number of hydrogen-bond donors (Lipinski definition) is 1. The summed E-state index contributed by atoms with van der Waals surface area (Å²) in [7, 11) is 0. The lowest BCUT2D eigenvalue weighted by atomic mass is 10.1. The molecule has 1 N–H and O–H groups in total. The highest BCUT2D eigenvalue weighted by Gasteiger charge is 2.30. The molecule has 2 atom stereocenters. The van der Waals surface area contributed by atoms with Crippen LogP contribution in [0.15, 0.2) is 24.3 Å². The van der Waals surface area contributed by atoms with E-state index in [1.54, 1.807) is 19.1 Å². The van der Waals surface area contributed by atoms with Gasteiger partial charge < -0.3 is 5.32 Å². The zero-order chi connectivity index (χ0) is 13.8. The van der Waals surface area contributed by atoms with Gasteiger partial charge in [0.25, 0.3) is 0 Å². The smallest absolute Gasteiger partial charge is 0.311 e. The van der Waals surface area contributed by atoms with E-state index in [0.29, 0.717) is 11.4 Å². The number of nitrogens with one attached hydrogen (secondary N) is 1. The first-order chi connectivity index (χ1) is 8.26. The third-order valence-electron chi connectivity index (χ3n) is 2.56. The van der Waals surface area contributed by atoms with Gasteiger partial charge in [-0.05, 0) is 38.0 Å². The first kappa shape index (κ1) is 15.3. The monoisotopic (exact) mass is 279 g/mol. The van der Waals surface area contributed by atoms with Gasteiger partial charge in [0, 0.05) is 17.1 Å². The predicted octanol–water partition coefficient (Wildman–Crippen LogP) is 4.20. The molecule has 1 aromatic rings. The molecule has 0 spiro atoms. The average molecular weight is 280 g/mol. The molecule has 0 aliphatic carbocycles. The van der Waals surface area contributed by atoms with Gasteiger partial charge in [-0.3, -0.25) is 0 Å². The Bertz CT molecular complexity index is 361. The lowest BCUT2D eigenvalue weighted by Gasteiger charge is -2.21. The lowest BCUT2D eigenvalue weighted by molar-refractivity contribution is -0.139. The van der Waals surface area contributed by atoms with Crippen LogP contribution in [-0.4, -0.2) is 18.3 Å². The molecule has 102 valence electrons. The van der Waals surface area contributed by atoms with Crippen LogP contribution < -0.4 is 5.32 Å². The van der Waals surface area contributed by atoms with E-state index in [2.05, 4.69) is 5.32 Å². The van der Waals surface area contributed by atoms with Gasteiger partial charge in [-0.2, -0.15) is 13.2 Å². The van der Waals surface area contributed by atoms with Crippen molar-refractivity contribution in [1.82, 2.24) is 5.32 Å². The third kappa shape index (κ3) is 6.26. The second kappa shape index (κ2) is 6.43. The quantitative estimate of drug-likeness (QED) is 0.852. The minimum atomic E-state index is -4.12. The lowest BCUT2D eigenvalue weighted by Crippen LogP contribution is -2.38. The van der Waals surface area contributed by atoms with Gasteiger partial charge >= 0.3 is 6.18 Å². The Hall–Kier alpha value is -0.740. The van der Waals surface area contributed by atoms with Gasteiger partial charge in [0.1, 0.15) is 0 Å². The van der Waals surface area contributed by atoms with E-state index in [-0.39, 0.29) is 6.04 Å². The van der Waals surface area contributed by atoms with Crippen molar-refractivity contribution in [2.24, 2.45) is 0 Å². The molecular formula is C13H17ClF3N. The summed E-state index contributed by atoms with van der Waals surface area (Å²) in [5.74, 6) is 0. The van der Waals surface area contributed by atoms with E-state index < -0.39 is 18.6 Å². The van der Waals surface area contributed by atoms with Crippen LogP contribution in [0.2, 0.25) is 5.02 Å². The fraction of sp³-hybridized carbons (Fsp3) is 0.538. The average Bonchev–Trinajstić information content (AvgIpc) is 2.18. The Kier molecular flexibility index (Phi) is 5.47. The van der Waals surface area contributed by atoms with Crippen LogP contribution in [0.3, 0.4) is 0 Å². The molecule has 0 saturated heterocycles. The van der Waals surface area contributed by atoms with E-state index in [1.807, 2.05) is 19.1 Å². The normalized spacial score (nSPS) is 15.4. The van der Waals surface area contributed by atoms with Crippen LogP contribution in [0.1, 0.15) is 25.8 Å². The Morgan fingerprint density at radius 1 is 1.11 bits per heavy atom. The van der Waals surface area contributed by atoms with Crippen molar-refractivity contribution >= 4 is 11.6 Å². The maximum atomic E-state index is 12.2. The molecular weight excluding hydrogens is 263 g/mol. The maximum absolute atomic E-state index is 12.2. The van der Waals surface area contributed by atoms with Crippen LogP contribution in [-0.2, 0) is 6.42 Å². The summed E-state index contributed by atoms with van der Waals surface area (Å²) in [6.07, 6.45) is -4.25. The van der Waals surface area contributed by atoms with Gasteiger partial charge in [-0.1, -0.05) is 23.7 Å².